The number of carbonyl (C=O) groups is 1. The maximum Gasteiger partial charge on any atom is 0.243 e. The number of aryl methyl sites for hydroxylation is 2. The molecule has 1 unspecified atom stereocenters. The summed E-state index contributed by atoms with van der Waals surface area (Å²) < 4.78 is 0. The number of rotatable bonds is 5. The number of hydrogen-bond acceptors (Lipinski definition) is 5. The molecule has 1 aliphatic heterocycles. The maximum atomic E-state index is 12.4. The highest BCUT2D eigenvalue weighted by molar-refractivity contribution is 7.15. The Morgan fingerprint density at radius 3 is 2.55 bits per heavy atom. The first-order valence-corrected chi connectivity index (χ1v) is 8.82. The van der Waals surface area contributed by atoms with E-state index in [2.05, 4.69) is 22.1 Å². The van der Waals surface area contributed by atoms with Crippen LogP contribution in [0.15, 0.2) is 0 Å². The average Bonchev–Trinajstić information content (AvgIpc) is 2.84. The zero-order valence-electron chi connectivity index (χ0n) is 14.0. The van der Waals surface area contributed by atoms with Gasteiger partial charge in [0.05, 0.1) is 11.7 Å². The van der Waals surface area contributed by atoms with Gasteiger partial charge in [-0.15, -0.1) is 11.3 Å². The lowest BCUT2D eigenvalue weighted by atomic mass is 9.76. The molecular weight excluding hydrogens is 298 g/mol. The van der Waals surface area contributed by atoms with E-state index in [1.54, 1.807) is 0 Å². The molecule has 1 aliphatic rings. The SMILES string of the molecule is CCC1(CO)CCN(C(C)C(=O)Nc2nc(C)c(C)s2)CC1. The molecule has 0 aromatic carbocycles. The van der Waals surface area contributed by atoms with Crippen LogP contribution in [-0.2, 0) is 4.79 Å². The number of thiazole rings is 1. The fourth-order valence-corrected chi connectivity index (χ4v) is 3.73. The molecule has 5 nitrogen and oxygen atoms in total. The van der Waals surface area contributed by atoms with Crippen LogP contribution in [0.25, 0.3) is 0 Å². The fourth-order valence-electron chi connectivity index (χ4n) is 2.91. The lowest BCUT2D eigenvalue weighted by Crippen LogP contribution is -2.49. The van der Waals surface area contributed by atoms with Crippen molar-refractivity contribution in [3.8, 4) is 0 Å². The minimum Gasteiger partial charge on any atom is -0.396 e. The summed E-state index contributed by atoms with van der Waals surface area (Å²) in [6, 6.07) is -0.168. The zero-order chi connectivity index (χ0) is 16.3. The van der Waals surface area contributed by atoms with Crippen LogP contribution >= 0.6 is 11.3 Å². The van der Waals surface area contributed by atoms with Crippen LogP contribution < -0.4 is 5.32 Å². The number of aliphatic hydroxyl groups is 1. The van der Waals surface area contributed by atoms with Gasteiger partial charge in [-0.1, -0.05) is 6.92 Å². The molecule has 6 heteroatoms. The molecule has 1 aromatic rings. The van der Waals surface area contributed by atoms with Crippen LogP contribution in [0.5, 0.6) is 0 Å². The highest BCUT2D eigenvalue weighted by Gasteiger charge is 2.35. The molecule has 0 spiro atoms. The third-order valence-electron chi connectivity index (χ3n) is 5.13. The van der Waals surface area contributed by atoms with Gasteiger partial charge in [-0.05, 0) is 58.5 Å². The number of hydrogen-bond donors (Lipinski definition) is 2. The number of aliphatic hydroxyl groups excluding tert-OH is 1. The van der Waals surface area contributed by atoms with Crippen LogP contribution in [0.3, 0.4) is 0 Å². The molecule has 1 aromatic heterocycles. The summed E-state index contributed by atoms with van der Waals surface area (Å²) in [5.41, 5.74) is 1.03. The minimum atomic E-state index is -0.168. The number of carbonyl (C=O) groups excluding carboxylic acids is 1. The highest BCUT2D eigenvalue weighted by Crippen LogP contribution is 2.34. The second kappa shape index (κ2) is 7.06. The zero-order valence-corrected chi connectivity index (χ0v) is 14.8. The van der Waals surface area contributed by atoms with E-state index >= 15 is 0 Å². The van der Waals surface area contributed by atoms with Crippen LogP contribution in [0, 0.1) is 19.3 Å². The number of nitrogens with one attached hydrogen (secondary N) is 1. The van der Waals surface area contributed by atoms with Crippen molar-refractivity contribution in [3.63, 3.8) is 0 Å². The Balaban J connectivity index is 1.92. The number of amides is 1. The second-order valence-corrected chi connectivity index (χ2v) is 7.58. The maximum absolute atomic E-state index is 12.4. The molecule has 0 aliphatic carbocycles. The van der Waals surface area contributed by atoms with Crippen LogP contribution in [-0.4, -0.2) is 46.6 Å². The molecule has 2 N–H and O–H groups in total. The van der Waals surface area contributed by atoms with E-state index in [9.17, 15) is 9.90 Å². The van der Waals surface area contributed by atoms with Gasteiger partial charge in [0.2, 0.25) is 5.91 Å². The number of piperidine rings is 1. The summed E-state index contributed by atoms with van der Waals surface area (Å²) in [5, 5.41) is 13.2. The van der Waals surface area contributed by atoms with E-state index in [4.69, 9.17) is 0 Å². The van der Waals surface area contributed by atoms with Gasteiger partial charge in [-0.25, -0.2) is 4.98 Å². The lowest BCUT2D eigenvalue weighted by molar-refractivity contribution is -0.121. The summed E-state index contributed by atoms with van der Waals surface area (Å²) in [6.07, 6.45) is 2.90. The molecule has 1 amide bonds. The van der Waals surface area contributed by atoms with E-state index in [0.717, 1.165) is 42.9 Å². The fraction of sp³-hybridized carbons (Fsp3) is 0.750. The molecule has 22 heavy (non-hydrogen) atoms. The topological polar surface area (TPSA) is 65.5 Å². The van der Waals surface area contributed by atoms with Gasteiger partial charge in [0, 0.05) is 11.5 Å². The molecule has 0 bridgehead atoms. The predicted octanol–water partition coefficient (Wildman–Crippen LogP) is 2.57. The first-order chi connectivity index (χ1) is 10.4. The standard InChI is InChI=1S/C16H27N3O2S/c1-5-16(10-20)6-8-19(9-7-16)12(3)14(21)18-15-17-11(2)13(4)22-15/h12,20H,5-10H2,1-4H3,(H,17,18,21). The summed E-state index contributed by atoms with van der Waals surface area (Å²) in [5.74, 6) is 0.00162. The Hall–Kier alpha value is -0.980. The van der Waals surface area contributed by atoms with Gasteiger partial charge in [-0.2, -0.15) is 0 Å². The van der Waals surface area contributed by atoms with Crippen molar-refractivity contribution in [2.75, 3.05) is 25.0 Å². The van der Waals surface area contributed by atoms with E-state index in [-0.39, 0.29) is 24.0 Å². The number of aromatic nitrogens is 1. The number of likely N-dealkylation sites (tertiary alicyclic amines) is 1. The molecular formula is C16H27N3O2S. The smallest absolute Gasteiger partial charge is 0.243 e. The Morgan fingerprint density at radius 2 is 2.09 bits per heavy atom. The summed E-state index contributed by atoms with van der Waals surface area (Å²) in [4.78, 5) is 20.1. The van der Waals surface area contributed by atoms with E-state index < -0.39 is 0 Å². The lowest BCUT2D eigenvalue weighted by Gasteiger charge is -2.42. The molecule has 1 atom stereocenters. The van der Waals surface area contributed by atoms with E-state index in [0.29, 0.717) is 5.13 Å². The van der Waals surface area contributed by atoms with Crippen molar-refractivity contribution < 1.29 is 9.90 Å². The Morgan fingerprint density at radius 1 is 1.45 bits per heavy atom. The highest BCUT2D eigenvalue weighted by atomic mass is 32.1. The molecule has 0 radical (unpaired) electrons. The van der Waals surface area contributed by atoms with Gasteiger partial charge in [-0.3, -0.25) is 9.69 Å². The van der Waals surface area contributed by atoms with Gasteiger partial charge in [0.25, 0.3) is 0 Å². The normalized spacial score (nSPS) is 19.9. The van der Waals surface area contributed by atoms with Crippen molar-refractivity contribution >= 4 is 22.4 Å². The predicted molar refractivity (Wildman–Crippen MR) is 90.3 cm³/mol. The third-order valence-corrected chi connectivity index (χ3v) is 6.12. The van der Waals surface area contributed by atoms with Crippen molar-refractivity contribution in [3.05, 3.63) is 10.6 Å². The van der Waals surface area contributed by atoms with Crippen LogP contribution in [0.1, 0.15) is 43.7 Å². The molecule has 2 heterocycles. The van der Waals surface area contributed by atoms with Gasteiger partial charge in [0.1, 0.15) is 0 Å². The van der Waals surface area contributed by atoms with Gasteiger partial charge >= 0.3 is 0 Å². The minimum absolute atomic E-state index is 0.00162. The largest absolute Gasteiger partial charge is 0.396 e. The molecule has 0 saturated carbocycles. The van der Waals surface area contributed by atoms with E-state index in [1.165, 1.54) is 11.3 Å². The summed E-state index contributed by atoms with van der Waals surface area (Å²) >= 11 is 1.52. The molecule has 1 fully saturated rings. The van der Waals surface area contributed by atoms with Crippen molar-refractivity contribution in [1.82, 2.24) is 9.88 Å². The molecule has 1 saturated heterocycles. The third kappa shape index (κ3) is 3.67. The quantitative estimate of drug-likeness (QED) is 0.873. The first-order valence-electron chi connectivity index (χ1n) is 8.00. The van der Waals surface area contributed by atoms with Gasteiger partial charge in [0.15, 0.2) is 5.13 Å². The Bertz CT molecular complexity index is 496. The van der Waals surface area contributed by atoms with Crippen molar-refractivity contribution in [1.29, 1.82) is 0 Å². The van der Waals surface area contributed by atoms with Crippen molar-refractivity contribution in [2.45, 2.75) is 53.0 Å². The number of anilines is 1. The first kappa shape index (κ1) is 17.4. The Labute approximate surface area is 136 Å². The average molecular weight is 325 g/mol. The van der Waals surface area contributed by atoms with Crippen LogP contribution in [0.4, 0.5) is 5.13 Å². The van der Waals surface area contributed by atoms with E-state index in [1.807, 2.05) is 20.8 Å². The van der Waals surface area contributed by atoms with Crippen molar-refractivity contribution in [2.24, 2.45) is 5.41 Å². The monoisotopic (exact) mass is 325 g/mol. The molecule has 124 valence electrons. The second-order valence-electron chi connectivity index (χ2n) is 6.37. The van der Waals surface area contributed by atoms with Crippen LogP contribution in [0.2, 0.25) is 0 Å². The Kier molecular flexibility index (Phi) is 5.58. The summed E-state index contributed by atoms with van der Waals surface area (Å²) in [6.45, 7) is 10.0. The van der Waals surface area contributed by atoms with Gasteiger partial charge < -0.3 is 10.4 Å². The summed E-state index contributed by atoms with van der Waals surface area (Å²) in [7, 11) is 0. The number of nitrogens with zero attached hydrogens (tertiary/aromatic N) is 2. The molecule has 2 rings (SSSR count).